The minimum Gasteiger partial charge on any atom is -0.397 e. The van der Waals surface area contributed by atoms with Crippen molar-refractivity contribution >= 4 is 11.4 Å². The SMILES string of the molecule is C[C@H](Nc1ccccc1N)C1CCCCC1. The molecule has 0 heterocycles. The van der Waals surface area contributed by atoms with Gasteiger partial charge in [-0.2, -0.15) is 0 Å². The third-order valence-electron chi connectivity index (χ3n) is 3.70. The number of nitrogens with one attached hydrogen (secondary N) is 1. The van der Waals surface area contributed by atoms with Gasteiger partial charge >= 0.3 is 0 Å². The zero-order valence-electron chi connectivity index (χ0n) is 10.1. The van der Waals surface area contributed by atoms with E-state index in [0.717, 1.165) is 17.3 Å². The van der Waals surface area contributed by atoms with Crippen LogP contribution in [0.25, 0.3) is 0 Å². The summed E-state index contributed by atoms with van der Waals surface area (Å²) in [5, 5.41) is 3.55. The van der Waals surface area contributed by atoms with Crippen molar-refractivity contribution in [3.05, 3.63) is 24.3 Å². The maximum Gasteiger partial charge on any atom is 0.0576 e. The van der Waals surface area contributed by atoms with Crippen molar-refractivity contribution in [2.75, 3.05) is 11.1 Å². The summed E-state index contributed by atoms with van der Waals surface area (Å²) in [5.41, 5.74) is 7.87. The first-order valence-electron chi connectivity index (χ1n) is 6.38. The van der Waals surface area contributed by atoms with Gasteiger partial charge in [-0.15, -0.1) is 0 Å². The third-order valence-corrected chi connectivity index (χ3v) is 3.70. The van der Waals surface area contributed by atoms with Crippen LogP contribution in [0.2, 0.25) is 0 Å². The van der Waals surface area contributed by atoms with Crippen LogP contribution < -0.4 is 11.1 Å². The maximum atomic E-state index is 5.94. The molecule has 2 rings (SSSR count). The van der Waals surface area contributed by atoms with Crippen LogP contribution in [-0.4, -0.2) is 6.04 Å². The van der Waals surface area contributed by atoms with Gasteiger partial charge in [-0.1, -0.05) is 31.4 Å². The molecule has 1 aromatic carbocycles. The average molecular weight is 218 g/mol. The van der Waals surface area contributed by atoms with Crippen LogP contribution in [0, 0.1) is 5.92 Å². The summed E-state index contributed by atoms with van der Waals surface area (Å²) in [6.45, 7) is 2.28. The van der Waals surface area contributed by atoms with Crippen LogP contribution in [0.15, 0.2) is 24.3 Å². The summed E-state index contributed by atoms with van der Waals surface area (Å²) in [7, 11) is 0. The number of anilines is 2. The van der Waals surface area contributed by atoms with E-state index in [1.165, 1.54) is 32.1 Å². The minimum atomic E-state index is 0.532. The van der Waals surface area contributed by atoms with Crippen molar-refractivity contribution in [3.8, 4) is 0 Å². The van der Waals surface area contributed by atoms with Gasteiger partial charge in [0.25, 0.3) is 0 Å². The Morgan fingerprint density at radius 3 is 2.56 bits per heavy atom. The van der Waals surface area contributed by atoms with Crippen molar-refractivity contribution in [1.82, 2.24) is 0 Å². The fourth-order valence-corrected chi connectivity index (χ4v) is 2.63. The molecule has 1 fully saturated rings. The van der Waals surface area contributed by atoms with Gasteiger partial charge in [-0.05, 0) is 37.8 Å². The van der Waals surface area contributed by atoms with E-state index >= 15 is 0 Å². The Morgan fingerprint density at radius 2 is 1.88 bits per heavy atom. The second-order valence-electron chi connectivity index (χ2n) is 4.92. The molecule has 0 saturated heterocycles. The molecule has 3 N–H and O–H groups in total. The first kappa shape index (κ1) is 11.3. The zero-order chi connectivity index (χ0) is 11.4. The van der Waals surface area contributed by atoms with Crippen LogP contribution in [0.1, 0.15) is 39.0 Å². The van der Waals surface area contributed by atoms with E-state index in [0.29, 0.717) is 6.04 Å². The van der Waals surface area contributed by atoms with Crippen molar-refractivity contribution in [2.24, 2.45) is 5.92 Å². The lowest BCUT2D eigenvalue weighted by Crippen LogP contribution is -2.27. The maximum absolute atomic E-state index is 5.94. The van der Waals surface area contributed by atoms with Crippen LogP contribution in [-0.2, 0) is 0 Å². The second-order valence-corrected chi connectivity index (χ2v) is 4.92. The lowest BCUT2D eigenvalue weighted by molar-refractivity contribution is 0.328. The molecule has 0 bridgehead atoms. The average Bonchev–Trinajstić information content (AvgIpc) is 2.33. The van der Waals surface area contributed by atoms with Gasteiger partial charge in [-0.3, -0.25) is 0 Å². The summed E-state index contributed by atoms with van der Waals surface area (Å²) in [6, 6.07) is 8.56. The summed E-state index contributed by atoms with van der Waals surface area (Å²) >= 11 is 0. The number of benzene rings is 1. The summed E-state index contributed by atoms with van der Waals surface area (Å²) < 4.78 is 0. The van der Waals surface area contributed by atoms with Crippen molar-refractivity contribution in [1.29, 1.82) is 0 Å². The van der Waals surface area contributed by atoms with Crippen molar-refractivity contribution < 1.29 is 0 Å². The molecule has 1 aromatic rings. The summed E-state index contributed by atoms with van der Waals surface area (Å²) in [5.74, 6) is 0.813. The van der Waals surface area contributed by atoms with Gasteiger partial charge in [0, 0.05) is 6.04 Å². The highest BCUT2D eigenvalue weighted by Crippen LogP contribution is 2.29. The van der Waals surface area contributed by atoms with E-state index < -0.39 is 0 Å². The van der Waals surface area contributed by atoms with Gasteiger partial charge in [0.15, 0.2) is 0 Å². The fraction of sp³-hybridized carbons (Fsp3) is 0.571. The van der Waals surface area contributed by atoms with Crippen LogP contribution in [0.3, 0.4) is 0 Å². The highest BCUT2D eigenvalue weighted by atomic mass is 14.9. The quantitative estimate of drug-likeness (QED) is 0.760. The molecule has 0 aliphatic heterocycles. The molecule has 1 aliphatic carbocycles. The Kier molecular flexibility index (Phi) is 3.70. The molecule has 2 nitrogen and oxygen atoms in total. The molecule has 1 atom stereocenters. The topological polar surface area (TPSA) is 38.0 Å². The molecular weight excluding hydrogens is 196 g/mol. The first-order valence-corrected chi connectivity index (χ1v) is 6.38. The summed E-state index contributed by atoms with van der Waals surface area (Å²) in [4.78, 5) is 0. The van der Waals surface area contributed by atoms with Gasteiger partial charge < -0.3 is 11.1 Å². The number of nitrogens with two attached hydrogens (primary N) is 1. The smallest absolute Gasteiger partial charge is 0.0576 e. The Hall–Kier alpha value is -1.18. The van der Waals surface area contributed by atoms with Crippen LogP contribution in [0.4, 0.5) is 11.4 Å². The van der Waals surface area contributed by atoms with E-state index in [1.54, 1.807) is 0 Å². The standard InChI is InChI=1S/C14H22N2/c1-11(12-7-3-2-4-8-12)16-14-10-6-5-9-13(14)15/h5-6,9-12,16H,2-4,7-8,15H2,1H3/t11-/m0/s1. The van der Waals surface area contributed by atoms with Gasteiger partial charge in [0.2, 0.25) is 0 Å². The predicted octanol–water partition coefficient (Wildman–Crippen LogP) is 3.65. The Bertz CT molecular complexity index is 329. The molecular formula is C14H22N2. The molecule has 1 aliphatic rings. The largest absolute Gasteiger partial charge is 0.397 e. The predicted molar refractivity (Wildman–Crippen MR) is 70.5 cm³/mol. The highest BCUT2D eigenvalue weighted by molar-refractivity contribution is 5.65. The molecule has 1 saturated carbocycles. The van der Waals surface area contributed by atoms with E-state index in [4.69, 9.17) is 5.73 Å². The molecule has 0 radical (unpaired) electrons. The second kappa shape index (κ2) is 5.24. The highest BCUT2D eigenvalue weighted by Gasteiger charge is 2.20. The Labute approximate surface area is 98.2 Å². The van der Waals surface area contributed by atoms with E-state index in [9.17, 15) is 0 Å². The molecule has 0 amide bonds. The summed E-state index contributed by atoms with van der Waals surface area (Å²) in [6.07, 6.45) is 6.92. The Balaban J connectivity index is 1.96. The monoisotopic (exact) mass is 218 g/mol. The van der Waals surface area contributed by atoms with Gasteiger partial charge in [0.1, 0.15) is 0 Å². The van der Waals surface area contributed by atoms with Gasteiger partial charge in [0.05, 0.1) is 11.4 Å². The number of nitrogen functional groups attached to an aromatic ring is 1. The van der Waals surface area contributed by atoms with E-state index in [2.05, 4.69) is 18.3 Å². The lowest BCUT2D eigenvalue weighted by Gasteiger charge is -2.29. The molecule has 0 spiro atoms. The van der Waals surface area contributed by atoms with Crippen molar-refractivity contribution in [2.45, 2.75) is 45.1 Å². The minimum absolute atomic E-state index is 0.532. The molecule has 2 heteroatoms. The third kappa shape index (κ3) is 2.69. The van der Waals surface area contributed by atoms with Crippen LogP contribution >= 0.6 is 0 Å². The first-order chi connectivity index (χ1) is 7.77. The molecule has 16 heavy (non-hydrogen) atoms. The number of hydrogen-bond donors (Lipinski definition) is 2. The molecule has 0 unspecified atom stereocenters. The Morgan fingerprint density at radius 1 is 1.19 bits per heavy atom. The zero-order valence-corrected chi connectivity index (χ0v) is 10.1. The normalized spacial score (nSPS) is 19.3. The van der Waals surface area contributed by atoms with E-state index in [1.807, 2.05) is 18.2 Å². The van der Waals surface area contributed by atoms with Gasteiger partial charge in [-0.25, -0.2) is 0 Å². The molecule has 0 aromatic heterocycles. The number of para-hydroxylation sites is 2. The lowest BCUT2D eigenvalue weighted by atomic mass is 9.84. The number of hydrogen-bond acceptors (Lipinski definition) is 2. The van der Waals surface area contributed by atoms with Crippen LogP contribution in [0.5, 0.6) is 0 Å². The molecule has 88 valence electrons. The fourth-order valence-electron chi connectivity index (χ4n) is 2.63. The van der Waals surface area contributed by atoms with Crippen molar-refractivity contribution in [3.63, 3.8) is 0 Å². The number of rotatable bonds is 3. The van der Waals surface area contributed by atoms with E-state index in [-0.39, 0.29) is 0 Å².